The summed E-state index contributed by atoms with van der Waals surface area (Å²) in [5.74, 6) is 0.0287. The molecule has 0 fully saturated rings. The lowest BCUT2D eigenvalue weighted by molar-refractivity contribution is 0.0343. The van der Waals surface area contributed by atoms with Crippen molar-refractivity contribution in [3.05, 3.63) is 84.2 Å². The molecule has 9 heteroatoms. The first-order chi connectivity index (χ1) is 18.4. The van der Waals surface area contributed by atoms with Gasteiger partial charge in [0.05, 0.1) is 23.9 Å². The molecule has 9 nitrogen and oxygen atoms in total. The van der Waals surface area contributed by atoms with Crippen molar-refractivity contribution in [1.29, 1.82) is 0 Å². The maximum absolute atomic E-state index is 13.6. The molecule has 3 aromatic rings. The third kappa shape index (κ3) is 6.67. The minimum absolute atomic E-state index is 0.0489. The minimum Gasteiger partial charge on any atom is -0.486 e. The van der Waals surface area contributed by atoms with Crippen LogP contribution in [-0.4, -0.2) is 70.7 Å². The molecule has 0 spiro atoms. The Kier molecular flexibility index (Phi) is 8.93. The van der Waals surface area contributed by atoms with Crippen LogP contribution in [0.2, 0.25) is 0 Å². The molecule has 2 aromatic carbocycles. The molecular weight excluding hydrogens is 482 g/mol. The second-order valence-electron chi connectivity index (χ2n) is 9.80. The average molecular weight is 518 g/mol. The molecule has 0 saturated carbocycles. The van der Waals surface area contributed by atoms with Gasteiger partial charge in [0, 0.05) is 43.6 Å². The number of nitrogens with zero attached hydrogens (tertiary/aromatic N) is 3. The van der Waals surface area contributed by atoms with E-state index in [0.29, 0.717) is 42.3 Å². The van der Waals surface area contributed by atoms with Crippen LogP contribution in [0.4, 0.5) is 16.2 Å². The fraction of sp³-hybridized carbons (Fsp3) is 0.345. The summed E-state index contributed by atoms with van der Waals surface area (Å²) in [5.41, 5.74) is 2.52. The summed E-state index contributed by atoms with van der Waals surface area (Å²) in [6, 6.07) is 17.4. The molecule has 3 atom stereocenters. The van der Waals surface area contributed by atoms with Crippen LogP contribution >= 0.6 is 0 Å². The third-order valence-corrected chi connectivity index (χ3v) is 6.66. The SMILES string of the molecule is C[C@H](CO)N1C[C@H](C)[C@@H](CN(C)Cc2ccncc2)Oc2c(NC(=O)Nc3ccccc3)cccc2C1=O. The molecule has 4 rings (SSSR count). The van der Waals surface area contributed by atoms with E-state index >= 15 is 0 Å². The Morgan fingerprint density at radius 2 is 1.87 bits per heavy atom. The van der Waals surface area contributed by atoms with Gasteiger partial charge >= 0.3 is 6.03 Å². The second kappa shape index (κ2) is 12.5. The third-order valence-electron chi connectivity index (χ3n) is 6.66. The summed E-state index contributed by atoms with van der Waals surface area (Å²) in [6.07, 6.45) is 3.25. The van der Waals surface area contributed by atoms with Crippen LogP contribution in [0.5, 0.6) is 5.75 Å². The minimum atomic E-state index is -0.442. The van der Waals surface area contributed by atoms with Crippen molar-refractivity contribution in [2.75, 3.05) is 37.4 Å². The highest BCUT2D eigenvalue weighted by molar-refractivity contribution is 6.04. The van der Waals surface area contributed by atoms with E-state index in [0.717, 1.165) is 5.56 Å². The first-order valence-electron chi connectivity index (χ1n) is 12.8. The zero-order chi connectivity index (χ0) is 27.1. The fourth-order valence-electron chi connectivity index (χ4n) is 4.54. The van der Waals surface area contributed by atoms with Gasteiger partial charge in [0.25, 0.3) is 5.91 Å². The number of aliphatic hydroxyl groups excluding tert-OH is 1. The van der Waals surface area contributed by atoms with Crippen LogP contribution in [0.15, 0.2) is 73.1 Å². The number of aliphatic hydroxyl groups is 1. The number of amides is 3. The number of carbonyl (C=O) groups is 2. The zero-order valence-corrected chi connectivity index (χ0v) is 22.0. The predicted molar refractivity (Wildman–Crippen MR) is 147 cm³/mol. The van der Waals surface area contributed by atoms with E-state index in [1.54, 1.807) is 47.6 Å². The molecule has 1 aliphatic heterocycles. The van der Waals surface area contributed by atoms with Gasteiger partial charge in [-0.2, -0.15) is 0 Å². The van der Waals surface area contributed by atoms with E-state index in [1.165, 1.54) is 0 Å². The number of hydrogen-bond acceptors (Lipinski definition) is 6. The van der Waals surface area contributed by atoms with E-state index < -0.39 is 6.03 Å². The van der Waals surface area contributed by atoms with E-state index in [1.807, 2.05) is 51.2 Å². The lowest BCUT2D eigenvalue weighted by Crippen LogP contribution is -2.49. The number of para-hydroxylation sites is 2. The van der Waals surface area contributed by atoms with Gasteiger partial charge in [-0.1, -0.05) is 31.2 Å². The largest absolute Gasteiger partial charge is 0.486 e. The van der Waals surface area contributed by atoms with E-state index in [4.69, 9.17) is 4.74 Å². The number of benzene rings is 2. The van der Waals surface area contributed by atoms with E-state index in [2.05, 4.69) is 20.5 Å². The van der Waals surface area contributed by atoms with Gasteiger partial charge in [-0.15, -0.1) is 0 Å². The molecule has 200 valence electrons. The second-order valence-corrected chi connectivity index (χ2v) is 9.80. The first kappa shape index (κ1) is 27.1. The first-order valence-corrected chi connectivity index (χ1v) is 12.8. The number of anilines is 2. The standard InChI is InChI=1S/C29H35N5O4/c1-20-16-34(21(2)19-35)28(36)24-10-7-11-25(32-29(37)31-23-8-5-4-6-9-23)27(24)38-26(20)18-33(3)17-22-12-14-30-15-13-22/h4-15,20-21,26,35H,16-19H2,1-3H3,(H2,31,32,37)/t20-,21+,26+/m0/s1. The predicted octanol–water partition coefficient (Wildman–Crippen LogP) is 4.08. The topological polar surface area (TPSA) is 107 Å². The molecule has 2 heterocycles. The number of carbonyl (C=O) groups excluding carboxylic acids is 2. The number of likely N-dealkylation sites (N-methyl/N-ethyl adjacent to an activating group) is 1. The lowest BCUT2D eigenvalue weighted by atomic mass is 9.99. The van der Waals surface area contributed by atoms with Crippen molar-refractivity contribution in [3.8, 4) is 5.75 Å². The smallest absolute Gasteiger partial charge is 0.323 e. The van der Waals surface area contributed by atoms with Crippen LogP contribution in [0.3, 0.4) is 0 Å². The Morgan fingerprint density at radius 3 is 2.58 bits per heavy atom. The molecule has 0 saturated heterocycles. The summed E-state index contributed by atoms with van der Waals surface area (Å²) in [7, 11) is 2.02. The van der Waals surface area contributed by atoms with Gasteiger partial charge in [0.15, 0.2) is 5.75 Å². The molecule has 38 heavy (non-hydrogen) atoms. The van der Waals surface area contributed by atoms with Crippen molar-refractivity contribution >= 4 is 23.3 Å². The number of pyridine rings is 1. The van der Waals surface area contributed by atoms with Gasteiger partial charge in [0.1, 0.15) is 6.10 Å². The van der Waals surface area contributed by atoms with E-state index in [-0.39, 0.29) is 30.6 Å². The highest BCUT2D eigenvalue weighted by atomic mass is 16.5. The maximum atomic E-state index is 13.6. The normalized spacial score (nSPS) is 18.1. The Bertz CT molecular complexity index is 1220. The Morgan fingerprint density at radius 1 is 1.13 bits per heavy atom. The maximum Gasteiger partial charge on any atom is 0.323 e. The van der Waals surface area contributed by atoms with Gasteiger partial charge in [-0.25, -0.2) is 4.79 Å². The van der Waals surface area contributed by atoms with Gasteiger partial charge in [-0.3, -0.25) is 14.7 Å². The molecule has 3 N–H and O–H groups in total. The summed E-state index contributed by atoms with van der Waals surface area (Å²) >= 11 is 0. The van der Waals surface area contributed by atoms with Gasteiger partial charge in [0.2, 0.25) is 0 Å². The quantitative estimate of drug-likeness (QED) is 0.416. The number of urea groups is 1. The summed E-state index contributed by atoms with van der Waals surface area (Å²) in [6.45, 7) is 5.43. The summed E-state index contributed by atoms with van der Waals surface area (Å²) in [5, 5.41) is 15.5. The monoisotopic (exact) mass is 517 g/mol. The lowest BCUT2D eigenvalue weighted by Gasteiger charge is -2.38. The van der Waals surface area contributed by atoms with E-state index in [9.17, 15) is 14.7 Å². The van der Waals surface area contributed by atoms with Gasteiger partial charge < -0.3 is 25.4 Å². The van der Waals surface area contributed by atoms with Crippen LogP contribution < -0.4 is 15.4 Å². The number of nitrogens with one attached hydrogen (secondary N) is 2. The molecule has 1 aromatic heterocycles. The number of rotatable bonds is 8. The molecule has 0 radical (unpaired) electrons. The number of ether oxygens (including phenoxy) is 1. The fourth-order valence-corrected chi connectivity index (χ4v) is 4.54. The van der Waals surface area contributed by atoms with Crippen LogP contribution in [-0.2, 0) is 6.54 Å². The number of aromatic nitrogens is 1. The molecule has 0 unspecified atom stereocenters. The van der Waals surface area contributed by atoms with Crippen molar-refractivity contribution in [3.63, 3.8) is 0 Å². The molecule has 1 aliphatic rings. The molecule has 3 amide bonds. The highest BCUT2D eigenvalue weighted by Gasteiger charge is 2.34. The van der Waals surface area contributed by atoms with Crippen molar-refractivity contribution in [1.82, 2.24) is 14.8 Å². The Labute approximate surface area is 223 Å². The van der Waals surface area contributed by atoms with Gasteiger partial charge in [-0.05, 0) is 55.9 Å². The number of fused-ring (bicyclic) bond motifs is 1. The van der Waals surface area contributed by atoms with Crippen molar-refractivity contribution in [2.45, 2.75) is 32.5 Å². The average Bonchev–Trinajstić information content (AvgIpc) is 2.91. The van der Waals surface area contributed by atoms with Crippen molar-refractivity contribution in [2.24, 2.45) is 5.92 Å². The summed E-state index contributed by atoms with van der Waals surface area (Å²) in [4.78, 5) is 34.4. The van der Waals surface area contributed by atoms with Crippen LogP contribution in [0.1, 0.15) is 29.8 Å². The van der Waals surface area contributed by atoms with Crippen LogP contribution in [0, 0.1) is 5.92 Å². The summed E-state index contributed by atoms with van der Waals surface area (Å²) < 4.78 is 6.57. The molecular formula is C29H35N5O4. The molecule has 0 aliphatic carbocycles. The zero-order valence-electron chi connectivity index (χ0n) is 22.0. The van der Waals surface area contributed by atoms with Crippen LogP contribution in [0.25, 0.3) is 0 Å². The Hall–Kier alpha value is -3.95. The Balaban J connectivity index is 1.63. The van der Waals surface area contributed by atoms with Crippen molar-refractivity contribution < 1.29 is 19.4 Å². The molecule has 0 bridgehead atoms. The number of hydrogen-bond donors (Lipinski definition) is 3. The highest BCUT2D eigenvalue weighted by Crippen LogP contribution is 2.35.